The van der Waals surface area contributed by atoms with Crippen molar-refractivity contribution < 1.29 is 9.53 Å². The van der Waals surface area contributed by atoms with Crippen molar-refractivity contribution in [1.82, 2.24) is 0 Å². The summed E-state index contributed by atoms with van der Waals surface area (Å²) < 4.78 is 4.81. The summed E-state index contributed by atoms with van der Waals surface area (Å²) in [5, 5.41) is 2.02. The first kappa shape index (κ1) is 14.2. The highest BCUT2D eigenvalue weighted by Gasteiger charge is 2.45. The average Bonchev–Trinajstić information content (AvgIpc) is 2.77. The van der Waals surface area contributed by atoms with E-state index in [4.69, 9.17) is 10.5 Å². The lowest BCUT2D eigenvalue weighted by molar-refractivity contribution is -0.142. The van der Waals surface area contributed by atoms with Gasteiger partial charge >= 0.3 is 5.97 Å². The molecule has 1 atom stereocenters. The minimum absolute atomic E-state index is 0.209. The van der Waals surface area contributed by atoms with Gasteiger partial charge < -0.3 is 10.5 Å². The van der Waals surface area contributed by atoms with E-state index in [9.17, 15) is 4.79 Å². The molecule has 0 saturated heterocycles. The van der Waals surface area contributed by atoms with E-state index in [2.05, 4.69) is 6.92 Å². The monoisotopic (exact) mass is 255 g/mol. The number of hydrogen-bond acceptors (Lipinski definition) is 4. The van der Waals surface area contributed by atoms with Gasteiger partial charge in [0.05, 0.1) is 13.5 Å². The number of rotatable bonds is 5. The maximum atomic E-state index is 11.7. The van der Waals surface area contributed by atoms with E-state index in [1.54, 1.807) is 11.3 Å². The summed E-state index contributed by atoms with van der Waals surface area (Å²) in [5.41, 5.74) is 5.49. The third-order valence-electron chi connectivity index (χ3n) is 3.50. The number of thiophene rings is 1. The third kappa shape index (κ3) is 2.69. The molecule has 1 aromatic heterocycles. The van der Waals surface area contributed by atoms with Gasteiger partial charge in [-0.3, -0.25) is 4.79 Å². The quantitative estimate of drug-likeness (QED) is 0.823. The number of esters is 1. The van der Waals surface area contributed by atoms with Crippen LogP contribution in [0.2, 0.25) is 0 Å². The molecule has 0 amide bonds. The fourth-order valence-corrected chi connectivity index (χ4v) is 3.42. The second kappa shape index (κ2) is 5.19. The first-order chi connectivity index (χ1) is 7.87. The summed E-state index contributed by atoms with van der Waals surface area (Å²) in [4.78, 5) is 12.8. The van der Waals surface area contributed by atoms with E-state index < -0.39 is 5.54 Å². The molecule has 3 nitrogen and oxygen atoms in total. The van der Waals surface area contributed by atoms with Crippen molar-refractivity contribution in [3.05, 3.63) is 22.4 Å². The van der Waals surface area contributed by atoms with Crippen LogP contribution in [0.25, 0.3) is 0 Å². The van der Waals surface area contributed by atoms with E-state index >= 15 is 0 Å². The van der Waals surface area contributed by atoms with Gasteiger partial charge in [-0.05, 0) is 31.7 Å². The lowest BCUT2D eigenvalue weighted by Gasteiger charge is -2.43. The van der Waals surface area contributed by atoms with Crippen LogP contribution < -0.4 is 5.73 Å². The first-order valence-corrected chi connectivity index (χ1v) is 6.65. The second-order valence-electron chi connectivity index (χ2n) is 4.89. The molecule has 1 heterocycles. The van der Waals surface area contributed by atoms with Crippen molar-refractivity contribution in [2.24, 2.45) is 5.73 Å². The molecule has 0 saturated carbocycles. The molecule has 0 radical (unpaired) electrons. The van der Waals surface area contributed by atoms with Crippen molar-refractivity contribution in [3.63, 3.8) is 0 Å². The maximum absolute atomic E-state index is 11.7. The van der Waals surface area contributed by atoms with Gasteiger partial charge in [0.1, 0.15) is 0 Å². The Morgan fingerprint density at radius 3 is 2.53 bits per heavy atom. The molecule has 0 fully saturated rings. The molecule has 17 heavy (non-hydrogen) atoms. The fraction of sp³-hybridized carbons (Fsp3) is 0.615. The Bertz CT molecular complexity index is 367. The van der Waals surface area contributed by atoms with E-state index in [1.165, 1.54) is 7.11 Å². The molecular weight excluding hydrogens is 234 g/mol. The lowest BCUT2D eigenvalue weighted by Crippen LogP contribution is -2.54. The smallest absolute Gasteiger partial charge is 0.306 e. The zero-order valence-corrected chi connectivity index (χ0v) is 11.8. The summed E-state index contributed by atoms with van der Waals surface area (Å²) in [6.07, 6.45) is 1.14. The maximum Gasteiger partial charge on any atom is 0.306 e. The summed E-state index contributed by atoms with van der Waals surface area (Å²) in [6, 6.07) is 4.04. The number of carbonyl (C=O) groups excluding carboxylic acids is 1. The molecule has 0 aliphatic rings. The van der Waals surface area contributed by atoms with Crippen LogP contribution in [0, 0.1) is 0 Å². The van der Waals surface area contributed by atoms with Crippen LogP contribution in [0.15, 0.2) is 17.5 Å². The number of carbonyl (C=O) groups is 1. The fourth-order valence-electron chi connectivity index (χ4n) is 2.26. The van der Waals surface area contributed by atoms with Crippen LogP contribution in [0.1, 0.15) is 38.5 Å². The van der Waals surface area contributed by atoms with Gasteiger partial charge in [-0.25, -0.2) is 0 Å². The van der Waals surface area contributed by atoms with E-state index in [0.717, 1.165) is 11.3 Å². The summed E-state index contributed by atoms with van der Waals surface area (Å²) in [6.45, 7) is 6.01. The minimum Gasteiger partial charge on any atom is -0.469 e. The minimum atomic E-state index is -0.471. The van der Waals surface area contributed by atoms with Crippen molar-refractivity contribution >= 4 is 17.3 Å². The molecule has 1 aromatic rings. The molecule has 96 valence electrons. The van der Waals surface area contributed by atoms with Gasteiger partial charge in [-0.2, -0.15) is 0 Å². The molecule has 0 bridgehead atoms. The van der Waals surface area contributed by atoms with E-state index in [-0.39, 0.29) is 11.4 Å². The Kier molecular flexibility index (Phi) is 4.33. The number of hydrogen-bond donors (Lipinski definition) is 1. The SMILES string of the molecule is CCC(CC(=O)OC)(c1cccs1)C(C)(C)N. The highest BCUT2D eigenvalue weighted by atomic mass is 32.1. The number of nitrogens with two attached hydrogens (primary N) is 1. The Hall–Kier alpha value is -0.870. The summed E-state index contributed by atoms with van der Waals surface area (Å²) in [7, 11) is 1.42. The highest BCUT2D eigenvalue weighted by molar-refractivity contribution is 7.10. The molecule has 0 aliphatic heterocycles. The van der Waals surface area contributed by atoms with Crippen molar-refractivity contribution in [2.45, 2.75) is 44.6 Å². The van der Waals surface area contributed by atoms with Crippen molar-refractivity contribution in [1.29, 1.82) is 0 Å². The summed E-state index contributed by atoms with van der Waals surface area (Å²) in [5.74, 6) is -0.209. The molecule has 0 aromatic carbocycles. The van der Waals surface area contributed by atoms with Crippen LogP contribution >= 0.6 is 11.3 Å². The average molecular weight is 255 g/mol. The Balaban J connectivity index is 3.20. The molecule has 2 N–H and O–H groups in total. The van der Waals surface area contributed by atoms with Crippen LogP contribution in [-0.4, -0.2) is 18.6 Å². The molecule has 0 aliphatic carbocycles. The van der Waals surface area contributed by atoms with Crippen LogP contribution in [-0.2, 0) is 14.9 Å². The topological polar surface area (TPSA) is 52.3 Å². The van der Waals surface area contributed by atoms with Gasteiger partial charge in [0, 0.05) is 15.8 Å². The second-order valence-corrected chi connectivity index (χ2v) is 5.84. The standard InChI is InChI=1S/C13H21NO2S/c1-5-13(12(2,3)14,9-11(15)16-4)10-7-6-8-17-10/h6-8H,5,9,14H2,1-4H3. The van der Waals surface area contributed by atoms with Crippen molar-refractivity contribution in [2.75, 3.05) is 7.11 Å². The Morgan fingerprint density at radius 1 is 1.53 bits per heavy atom. The van der Waals surface area contributed by atoms with Gasteiger partial charge in [0.25, 0.3) is 0 Å². The Morgan fingerprint density at radius 2 is 2.18 bits per heavy atom. The van der Waals surface area contributed by atoms with Gasteiger partial charge in [-0.1, -0.05) is 13.0 Å². The molecule has 4 heteroatoms. The van der Waals surface area contributed by atoms with Crippen LogP contribution in [0.5, 0.6) is 0 Å². The van der Waals surface area contributed by atoms with E-state index in [0.29, 0.717) is 6.42 Å². The number of methoxy groups -OCH3 is 1. The molecule has 1 unspecified atom stereocenters. The molecule has 0 spiro atoms. The molecule has 1 rings (SSSR count). The van der Waals surface area contributed by atoms with Crippen LogP contribution in [0.4, 0.5) is 0 Å². The van der Waals surface area contributed by atoms with Gasteiger partial charge in [0.15, 0.2) is 0 Å². The zero-order chi connectivity index (χ0) is 13.1. The highest BCUT2D eigenvalue weighted by Crippen LogP contribution is 2.42. The lowest BCUT2D eigenvalue weighted by atomic mass is 9.66. The van der Waals surface area contributed by atoms with Gasteiger partial charge in [0.2, 0.25) is 0 Å². The van der Waals surface area contributed by atoms with Crippen LogP contribution in [0.3, 0.4) is 0 Å². The zero-order valence-electron chi connectivity index (χ0n) is 10.9. The predicted molar refractivity (Wildman–Crippen MR) is 71.2 cm³/mol. The first-order valence-electron chi connectivity index (χ1n) is 5.77. The predicted octanol–water partition coefficient (Wildman–Crippen LogP) is 2.70. The number of ether oxygens (including phenoxy) is 1. The normalized spacial score (nSPS) is 15.4. The largest absolute Gasteiger partial charge is 0.469 e. The van der Waals surface area contributed by atoms with E-state index in [1.807, 2.05) is 31.4 Å². The van der Waals surface area contributed by atoms with Gasteiger partial charge in [-0.15, -0.1) is 11.3 Å². The Labute approximate surface area is 107 Å². The van der Waals surface area contributed by atoms with Crippen molar-refractivity contribution in [3.8, 4) is 0 Å². The third-order valence-corrected chi connectivity index (χ3v) is 4.58. The summed E-state index contributed by atoms with van der Waals surface area (Å²) >= 11 is 1.65. The molecular formula is C13H21NO2S.